The fourth-order valence-electron chi connectivity index (χ4n) is 6.63. The SMILES string of the molecule is CC(C)(C)C(=O)OCn1ncc2c(B(O)O)cccc21.CC(C)(C)NC(=O)c1c[nH]c2ncc(-c3cccc4[nH]ncc34)nc12.CC(C)(C)NC(=O)c1cn(COC(=O)C(C)(C)C)c2ncc(Br)nc12.Cl. The van der Waals surface area contributed by atoms with E-state index in [9.17, 15) is 29.2 Å². The average Bonchev–Trinajstić information content (AvgIpc) is 4.08. The highest BCUT2D eigenvalue weighted by molar-refractivity contribution is 9.10. The van der Waals surface area contributed by atoms with E-state index in [1.807, 2.05) is 59.7 Å². The smallest absolute Gasteiger partial charge is 0.443 e. The third kappa shape index (κ3) is 13.8. The number of aromatic nitrogens is 10. The molecule has 6 N–H and O–H groups in total. The van der Waals surface area contributed by atoms with E-state index < -0.39 is 17.9 Å². The van der Waals surface area contributed by atoms with E-state index in [2.05, 4.69) is 66.8 Å². The second-order valence-corrected chi connectivity index (χ2v) is 21.3. The molecule has 0 saturated heterocycles. The molecule has 6 heterocycles. The second-order valence-electron chi connectivity index (χ2n) is 20.5. The highest BCUT2D eigenvalue weighted by Gasteiger charge is 2.27. The first-order valence-electron chi connectivity index (χ1n) is 22.2. The van der Waals surface area contributed by atoms with Gasteiger partial charge in [-0.05, 0) is 117 Å². The molecule has 0 spiro atoms. The maximum Gasteiger partial charge on any atom is 0.489 e. The Morgan fingerprint density at radius 3 is 1.97 bits per heavy atom. The number of hydrogen-bond acceptors (Lipinski definition) is 14. The molecular formula is C48H59BBrClN12O8. The number of fused-ring (bicyclic) bond motifs is 4. The van der Waals surface area contributed by atoms with E-state index >= 15 is 0 Å². The zero-order valence-electron chi connectivity index (χ0n) is 41.6. The molecule has 0 saturated carbocycles. The first kappa shape index (κ1) is 55.2. The number of rotatable bonds is 8. The monoisotopic (exact) mass is 1060 g/mol. The largest absolute Gasteiger partial charge is 0.489 e. The average molecular weight is 1060 g/mol. The number of esters is 2. The summed E-state index contributed by atoms with van der Waals surface area (Å²) in [5.41, 5.74) is 4.63. The third-order valence-corrected chi connectivity index (χ3v) is 10.4. The quantitative estimate of drug-likeness (QED) is 0.0662. The molecular weight excluding hydrogens is 999 g/mol. The Labute approximate surface area is 424 Å². The predicted molar refractivity (Wildman–Crippen MR) is 277 cm³/mol. The van der Waals surface area contributed by atoms with Crippen LogP contribution in [0.15, 0.2) is 78.2 Å². The van der Waals surface area contributed by atoms with Gasteiger partial charge in [0, 0.05) is 39.8 Å². The van der Waals surface area contributed by atoms with E-state index in [1.165, 1.54) is 17.1 Å². The van der Waals surface area contributed by atoms with E-state index in [1.54, 1.807) is 89.1 Å². The van der Waals surface area contributed by atoms with Gasteiger partial charge in [0.25, 0.3) is 11.8 Å². The molecule has 6 aromatic heterocycles. The second kappa shape index (κ2) is 21.7. The Bertz CT molecular complexity index is 3210. The van der Waals surface area contributed by atoms with Gasteiger partial charge in [-0.1, -0.05) is 24.3 Å². The number of nitrogens with one attached hydrogen (secondary N) is 4. The summed E-state index contributed by atoms with van der Waals surface area (Å²) < 4.78 is 14.2. The zero-order valence-corrected chi connectivity index (χ0v) is 44.0. The van der Waals surface area contributed by atoms with Crippen LogP contribution in [0.5, 0.6) is 0 Å². The Morgan fingerprint density at radius 2 is 1.35 bits per heavy atom. The van der Waals surface area contributed by atoms with Crippen LogP contribution in [-0.2, 0) is 32.5 Å². The molecule has 0 radical (unpaired) electrons. The molecule has 0 bridgehead atoms. The van der Waals surface area contributed by atoms with Crippen LogP contribution in [0.4, 0.5) is 0 Å². The molecule has 71 heavy (non-hydrogen) atoms. The Hall–Kier alpha value is -6.75. The van der Waals surface area contributed by atoms with Crippen LogP contribution in [0.2, 0.25) is 0 Å². The highest BCUT2D eigenvalue weighted by atomic mass is 79.9. The maximum absolute atomic E-state index is 12.6. The number of H-pyrrole nitrogens is 2. The third-order valence-electron chi connectivity index (χ3n) is 10.0. The lowest BCUT2D eigenvalue weighted by atomic mass is 9.78. The number of hydrogen-bond donors (Lipinski definition) is 6. The lowest BCUT2D eigenvalue weighted by molar-refractivity contribution is -0.157. The van der Waals surface area contributed by atoms with Crippen molar-refractivity contribution in [3.05, 3.63) is 89.3 Å². The molecule has 2 aromatic carbocycles. The van der Waals surface area contributed by atoms with Gasteiger partial charge in [0.2, 0.25) is 0 Å². The van der Waals surface area contributed by atoms with Gasteiger partial charge >= 0.3 is 19.1 Å². The molecule has 8 aromatic rings. The van der Waals surface area contributed by atoms with Crippen LogP contribution in [-0.4, -0.2) is 101 Å². The van der Waals surface area contributed by atoms with Gasteiger partial charge in [0.1, 0.15) is 15.6 Å². The van der Waals surface area contributed by atoms with E-state index in [0.717, 1.165) is 16.5 Å². The summed E-state index contributed by atoms with van der Waals surface area (Å²) in [5.74, 6) is -1.09. The molecule has 376 valence electrons. The van der Waals surface area contributed by atoms with Gasteiger partial charge in [-0.15, -0.1) is 12.4 Å². The first-order chi connectivity index (χ1) is 32.6. The first-order valence-corrected chi connectivity index (χ1v) is 23.0. The van der Waals surface area contributed by atoms with Crippen LogP contribution in [0.1, 0.15) is 104 Å². The van der Waals surface area contributed by atoms with E-state index in [0.29, 0.717) is 60.1 Å². The van der Waals surface area contributed by atoms with Crippen LogP contribution < -0.4 is 16.1 Å². The Balaban J connectivity index is 0.000000198. The van der Waals surface area contributed by atoms with Crippen molar-refractivity contribution in [2.45, 2.75) is 108 Å². The number of ether oxygens (including phenoxy) is 2. The summed E-state index contributed by atoms with van der Waals surface area (Å²) in [7, 11) is -1.56. The van der Waals surface area contributed by atoms with Crippen LogP contribution in [0.3, 0.4) is 0 Å². The number of aromatic amines is 2. The number of nitrogens with zero attached hydrogens (tertiary/aromatic N) is 8. The van der Waals surface area contributed by atoms with Gasteiger partial charge in [0.05, 0.1) is 63.5 Å². The minimum absolute atomic E-state index is 0. The molecule has 0 atom stereocenters. The van der Waals surface area contributed by atoms with Crippen molar-refractivity contribution < 1.29 is 38.7 Å². The number of halogens is 2. The molecule has 0 aliphatic carbocycles. The van der Waals surface area contributed by atoms with Crippen molar-refractivity contribution in [3.63, 3.8) is 0 Å². The summed E-state index contributed by atoms with van der Waals surface area (Å²) in [6, 6.07) is 10.9. The molecule has 20 nitrogen and oxygen atoms in total. The Morgan fingerprint density at radius 1 is 0.732 bits per heavy atom. The summed E-state index contributed by atoms with van der Waals surface area (Å²) in [5, 5.41) is 37.2. The summed E-state index contributed by atoms with van der Waals surface area (Å²) in [4.78, 5) is 69.6. The summed E-state index contributed by atoms with van der Waals surface area (Å²) >= 11 is 3.27. The van der Waals surface area contributed by atoms with E-state index in [-0.39, 0.29) is 60.7 Å². The number of amides is 2. The predicted octanol–water partition coefficient (Wildman–Crippen LogP) is 6.98. The van der Waals surface area contributed by atoms with Crippen molar-refractivity contribution in [1.29, 1.82) is 0 Å². The Kier molecular flexibility index (Phi) is 16.9. The zero-order chi connectivity index (χ0) is 51.5. The van der Waals surface area contributed by atoms with E-state index in [4.69, 9.17) is 9.47 Å². The number of carbonyl (C=O) groups is 4. The molecule has 2 amide bonds. The van der Waals surface area contributed by atoms with Crippen molar-refractivity contribution in [2.75, 3.05) is 0 Å². The fraction of sp³-hybridized carbons (Fsp3) is 0.375. The molecule has 0 aliphatic heterocycles. The van der Waals surface area contributed by atoms with Crippen molar-refractivity contribution in [1.82, 2.24) is 60.1 Å². The minimum atomic E-state index is -1.56. The summed E-state index contributed by atoms with van der Waals surface area (Å²) in [6.07, 6.45) is 9.78. The van der Waals surface area contributed by atoms with Crippen LogP contribution in [0, 0.1) is 10.8 Å². The van der Waals surface area contributed by atoms with Gasteiger partial charge < -0.3 is 35.1 Å². The van der Waals surface area contributed by atoms with Crippen molar-refractivity contribution in [2.24, 2.45) is 10.8 Å². The van der Waals surface area contributed by atoms with Crippen LogP contribution >= 0.6 is 28.3 Å². The van der Waals surface area contributed by atoms with Gasteiger partial charge in [-0.3, -0.25) is 28.8 Å². The molecule has 0 aliphatic rings. The number of carbonyl (C=O) groups excluding carboxylic acids is 4. The van der Waals surface area contributed by atoms with Gasteiger partial charge in [-0.25, -0.2) is 24.6 Å². The normalized spacial score (nSPS) is 11.8. The molecule has 0 unspecified atom stereocenters. The maximum atomic E-state index is 12.6. The lowest BCUT2D eigenvalue weighted by Crippen LogP contribution is -2.40. The molecule has 23 heteroatoms. The molecule has 0 fully saturated rings. The summed E-state index contributed by atoms with van der Waals surface area (Å²) in [6.45, 7) is 22.1. The highest BCUT2D eigenvalue weighted by Crippen LogP contribution is 2.28. The van der Waals surface area contributed by atoms with Crippen molar-refractivity contribution in [3.8, 4) is 11.3 Å². The standard InChI is InChI=1S/C18H18N6O.C17H23BrN4O3.C13H17BN2O4.ClH/c1-18(2,3)23-17(25)12-7-19-16-15(12)22-14(9-20-16)10-5-4-6-13-11(10)8-21-24-13;1-16(2,3)15(24)25-9-22-8-10(14(23)21-17(4,5)6)12-13(22)19-7-11(18)20-12;1-13(2,3)12(17)20-8-16-11-6-4-5-10(14(18)19)9(11)7-15-16;/h4-9H,1-3H3,(H,19,20)(H,21,24)(H,23,25);7-8H,9H2,1-6H3,(H,21,23);4-7,18-19H,8H2,1-3H3;1H. The topological polar surface area (TPSA) is 270 Å². The number of benzene rings is 2. The van der Waals surface area contributed by atoms with Crippen molar-refractivity contribution >= 4 is 109 Å². The lowest BCUT2D eigenvalue weighted by Gasteiger charge is -2.20. The van der Waals surface area contributed by atoms with Gasteiger partial charge in [0.15, 0.2) is 24.8 Å². The van der Waals surface area contributed by atoms with Crippen LogP contribution in [0.25, 0.3) is 55.4 Å². The minimum Gasteiger partial charge on any atom is -0.443 e. The molecule has 8 rings (SSSR count). The fourth-order valence-corrected chi connectivity index (χ4v) is 6.91. The van der Waals surface area contributed by atoms with Gasteiger partial charge in [-0.2, -0.15) is 10.2 Å².